The van der Waals surface area contributed by atoms with Crippen molar-refractivity contribution in [1.82, 2.24) is 0 Å². The minimum Gasteiger partial charge on any atom is -0.481 e. The molecule has 24 heavy (non-hydrogen) atoms. The lowest BCUT2D eigenvalue weighted by Gasteiger charge is -2.15. The van der Waals surface area contributed by atoms with Gasteiger partial charge in [0.05, 0.1) is 12.7 Å². The lowest BCUT2D eigenvalue weighted by molar-refractivity contribution is -0.122. The Morgan fingerprint density at radius 2 is 2.00 bits per heavy atom. The van der Waals surface area contributed by atoms with Crippen LogP contribution in [-0.4, -0.2) is 25.1 Å². The van der Waals surface area contributed by atoms with Gasteiger partial charge in [0.15, 0.2) is 6.10 Å². The lowest BCUT2D eigenvalue weighted by Crippen LogP contribution is -2.30. The fourth-order valence-electron chi connectivity index (χ4n) is 2.07. The van der Waals surface area contributed by atoms with Crippen LogP contribution in [-0.2, 0) is 9.53 Å². The Labute approximate surface area is 149 Å². The van der Waals surface area contributed by atoms with Crippen molar-refractivity contribution in [2.45, 2.75) is 26.9 Å². The highest BCUT2D eigenvalue weighted by molar-refractivity contribution is 7.16. The first kappa shape index (κ1) is 18.3. The van der Waals surface area contributed by atoms with Crippen molar-refractivity contribution in [3.8, 4) is 5.75 Å². The molecule has 5 nitrogen and oxygen atoms in total. The number of aryl methyl sites for hydroxylation is 1. The van der Waals surface area contributed by atoms with E-state index in [4.69, 9.17) is 21.1 Å². The third kappa shape index (κ3) is 4.07. The van der Waals surface area contributed by atoms with E-state index in [1.54, 1.807) is 31.2 Å². The predicted octanol–water partition coefficient (Wildman–Crippen LogP) is 4.21. The number of carbonyl (C=O) groups excluding carboxylic acids is 2. The number of methoxy groups -OCH3 is 1. The number of ether oxygens (including phenoxy) is 2. The molecule has 0 bridgehead atoms. The standard InChI is InChI=1S/C17H18ClNO4S/c1-9-11(3)24-16(14(9)17(21)22-4)19-15(20)10(2)23-13-7-5-6-12(18)8-13/h5-8,10H,1-4H3,(H,19,20)/t10-/m1/s1. The Bertz CT molecular complexity index is 772. The van der Waals surface area contributed by atoms with Crippen LogP contribution in [0.4, 0.5) is 5.00 Å². The molecule has 7 heteroatoms. The zero-order chi connectivity index (χ0) is 17.9. The van der Waals surface area contributed by atoms with Crippen molar-refractivity contribution in [2.75, 3.05) is 12.4 Å². The van der Waals surface area contributed by atoms with Crippen LogP contribution in [0.3, 0.4) is 0 Å². The number of thiophene rings is 1. The molecule has 0 fully saturated rings. The van der Waals surface area contributed by atoms with Crippen molar-refractivity contribution in [2.24, 2.45) is 0 Å². The molecule has 0 spiro atoms. The molecule has 0 unspecified atom stereocenters. The average Bonchev–Trinajstić information content (AvgIpc) is 2.81. The van der Waals surface area contributed by atoms with E-state index < -0.39 is 12.1 Å². The highest BCUT2D eigenvalue weighted by atomic mass is 35.5. The van der Waals surface area contributed by atoms with Gasteiger partial charge in [-0.2, -0.15) is 0 Å². The molecule has 0 aliphatic heterocycles. The van der Waals surface area contributed by atoms with Crippen molar-refractivity contribution < 1.29 is 19.1 Å². The zero-order valence-corrected chi connectivity index (χ0v) is 15.4. The number of hydrogen-bond donors (Lipinski definition) is 1. The Kier molecular flexibility index (Phi) is 5.85. The molecule has 1 heterocycles. The predicted molar refractivity (Wildman–Crippen MR) is 95.3 cm³/mol. The van der Waals surface area contributed by atoms with Gasteiger partial charge in [-0.25, -0.2) is 4.79 Å². The smallest absolute Gasteiger partial charge is 0.341 e. The number of esters is 1. The summed E-state index contributed by atoms with van der Waals surface area (Å²) in [4.78, 5) is 25.2. The van der Waals surface area contributed by atoms with Crippen molar-refractivity contribution in [3.63, 3.8) is 0 Å². The Hall–Kier alpha value is -2.05. The van der Waals surface area contributed by atoms with Gasteiger partial charge in [0.2, 0.25) is 0 Å². The van der Waals surface area contributed by atoms with Gasteiger partial charge in [0.1, 0.15) is 10.8 Å². The van der Waals surface area contributed by atoms with E-state index in [-0.39, 0.29) is 5.91 Å². The summed E-state index contributed by atoms with van der Waals surface area (Å²) in [7, 11) is 1.31. The number of anilines is 1. The summed E-state index contributed by atoms with van der Waals surface area (Å²) in [5.74, 6) is -0.339. The molecular weight excluding hydrogens is 350 g/mol. The number of benzene rings is 1. The van der Waals surface area contributed by atoms with Gasteiger partial charge in [0, 0.05) is 9.90 Å². The molecule has 0 aliphatic carbocycles. The number of rotatable bonds is 5. The van der Waals surface area contributed by atoms with Crippen LogP contribution in [0.15, 0.2) is 24.3 Å². The second kappa shape index (κ2) is 7.68. The summed E-state index contributed by atoms with van der Waals surface area (Å²) in [6.45, 7) is 5.33. The van der Waals surface area contributed by atoms with E-state index >= 15 is 0 Å². The molecule has 128 valence electrons. The summed E-state index contributed by atoms with van der Waals surface area (Å²) >= 11 is 7.23. The van der Waals surface area contributed by atoms with Crippen LogP contribution in [0.5, 0.6) is 5.75 Å². The van der Waals surface area contributed by atoms with Gasteiger partial charge in [-0.15, -0.1) is 11.3 Å². The van der Waals surface area contributed by atoms with E-state index in [2.05, 4.69) is 5.32 Å². The first-order valence-corrected chi connectivity index (χ1v) is 8.44. The molecular formula is C17H18ClNO4S. The minimum atomic E-state index is -0.753. The van der Waals surface area contributed by atoms with Crippen molar-refractivity contribution >= 4 is 39.8 Å². The molecule has 1 amide bonds. The maximum atomic E-state index is 12.4. The highest BCUT2D eigenvalue weighted by Crippen LogP contribution is 2.33. The van der Waals surface area contributed by atoms with E-state index in [1.165, 1.54) is 18.4 Å². The molecule has 2 aromatic rings. The van der Waals surface area contributed by atoms with Gasteiger partial charge in [-0.3, -0.25) is 4.79 Å². The summed E-state index contributed by atoms with van der Waals surface area (Å²) in [6, 6.07) is 6.81. The fourth-order valence-corrected chi connectivity index (χ4v) is 3.31. The second-order valence-electron chi connectivity index (χ2n) is 5.19. The quantitative estimate of drug-likeness (QED) is 0.804. The average molecular weight is 368 g/mol. The SMILES string of the molecule is COC(=O)c1c(NC(=O)[C@@H](C)Oc2cccc(Cl)c2)sc(C)c1C. The summed E-state index contributed by atoms with van der Waals surface area (Å²) in [6.07, 6.45) is -0.753. The lowest BCUT2D eigenvalue weighted by atomic mass is 10.1. The highest BCUT2D eigenvalue weighted by Gasteiger charge is 2.24. The van der Waals surface area contributed by atoms with Crippen LogP contribution in [0.2, 0.25) is 5.02 Å². The van der Waals surface area contributed by atoms with Crippen LogP contribution in [0.1, 0.15) is 27.7 Å². The van der Waals surface area contributed by atoms with Crippen molar-refractivity contribution in [1.29, 1.82) is 0 Å². The molecule has 2 rings (SSSR count). The summed E-state index contributed by atoms with van der Waals surface area (Å²) < 4.78 is 10.4. The van der Waals surface area contributed by atoms with Crippen molar-refractivity contribution in [3.05, 3.63) is 45.3 Å². The van der Waals surface area contributed by atoms with Gasteiger partial charge in [-0.1, -0.05) is 17.7 Å². The molecule has 0 saturated heterocycles. The molecule has 1 atom stereocenters. The molecule has 1 aromatic heterocycles. The van der Waals surface area contributed by atoms with E-state index in [9.17, 15) is 9.59 Å². The van der Waals surface area contributed by atoms with E-state index in [1.807, 2.05) is 13.8 Å². The number of hydrogen-bond acceptors (Lipinski definition) is 5. The fraction of sp³-hybridized carbons (Fsp3) is 0.294. The maximum absolute atomic E-state index is 12.4. The normalized spacial score (nSPS) is 11.7. The van der Waals surface area contributed by atoms with Gasteiger partial charge < -0.3 is 14.8 Å². The number of nitrogens with one attached hydrogen (secondary N) is 1. The van der Waals surface area contributed by atoms with Gasteiger partial charge in [-0.05, 0) is 44.5 Å². The topological polar surface area (TPSA) is 64.6 Å². The molecule has 1 aromatic carbocycles. The Morgan fingerprint density at radius 1 is 1.29 bits per heavy atom. The second-order valence-corrected chi connectivity index (χ2v) is 6.85. The van der Waals surface area contributed by atoms with E-state index in [0.717, 1.165) is 10.4 Å². The largest absolute Gasteiger partial charge is 0.481 e. The van der Waals surface area contributed by atoms with Gasteiger partial charge >= 0.3 is 5.97 Å². The molecule has 1 N–H and O–H groups in total. The maximum Gasteiger partial charge on any atom is 0.341 e. The number of amides is 1. The van der Waals surface area contributed by atoms with Crippen LogP contribution >= 0.6 is 22.9 Å². The third-order valence-corrected chi connectivity index (χ3v) is 4.85. The Morgan fingerprint density at radius 3 is 2.62 bits per heavy atom. The molecule has 0 saturated carbocycles. The third-order valence-electron chi connectivity index (χ3n) is 3.49. The number of halogens is 1. The van der Waals surface area contributed by atoms with Gasteiger partial charge in [0.25, 0.3) is 5.91 Å². The zero-order valence-electron chi connectivity index (χ0n) is 13.8. The minimum absolute atomic E-state index is 0.360. The number of carbonyl (C=O) groups is 2. The molecule has 0 aliphatic rings. The van der Waals surface area contributed by atoms with E-state index in [0.29, 0.717) is 21.3 Å². The summed E-state index contributed by atoms with van der Waals surface area (Å²) in [5.41, 5.74) is 1.17. The first-order chi connectivity index (χ1) is 11.3. The van der Waals surface area contributed by atoms with Crippen LogP contribution in [0.25, 0.3) is 0 Å². The van der Waals surface area contributed by atoms with Crippen LogP contribution < -0.4 is 10.1 Å². The first-order valence-electron chi connectivity index (χ1n) is 7.25. The molecule has 0 radical (unpaired) electrons. The van der Waals surface area contributed by atoms with Crippen LogP contribution in [0, 0.1) is 13.8 Å². The summed E-state index contributed by atoms with van der Waals surface area (Å²) in [5, 5.41) is 3.73. The monoisotopic (exact) mass is 367 g/mol. The Balaban J connectivity index is 2.14.